The Morgan fingerprint density at radius 3 is 2.13 bits per heavy atom. The molecule has 0 N–H and O–H groups in total. The van der Waals surface area contributed by atoms with Crippen LogP contribution in [0.2, 0.25) is 0 Å². The third-order valence-electron chi connectivity index (χ3n) is 2.25. The Morgan fingerprint density at radius 1 is 1.20 bits per heavy atom. The molecule has 0 nitrogen and oxygen atoms in total. The summed E-state index contributed by atoms with van der Waals surface area (Å²) in [4.78, 5) is 0. The van der Waals surface area contributed by atoms with Gasteiger partial charge in [-0.1, -0.05) is 18.6 Å². The van der Waals surface area contributed by atoms with Crippen LogP contribution in [0, 0.1) is 12.7 Å². The van der Waals surface area contributed by atoms with Crippen molar-refractivity contribution in [2.24, 2.45) is 0 Å². The van der Waals surface area contributed by atoms with E-state index in [2.05, 4.69) is 0 Å². The minimum Gasteiger partial charge on any atom is -0.445 e. The maximum absolute atomic E-state index is 12.8. The van der Waals surface area contributed by atoms with E-state index >= 15 is 0 Å². The van der Waals surface area contributed by atoms with E-state index in [0.717, 1.165) is 6.07 Å². The zero-order chi connectivity index (χ0) is 10.9. The minimum atomic E-state index is -5.12. The molecule has 0 aliphatic rings. The summed E-state index contributed by atoms with van der Waals surface area (Å²) < 4.78 is 50.2. The fourth-order valence-corrected chi connectivity index (χ4v) is 1.47. The Labute approximate surface area is 129 Å². The summed E-state index contributed by atoms with van der Waals surface area (Å²) in [6.45, 7) is -2.03. The number of benzene rings is 1. The summed E-state index contributed by atoms with van der Waals surface area (Å²) in [6.07, 6.45) is 0.406. The Morgan fingerprint density at radius 2 is 1.73 bits per heavy atom. The van der Waals surface area contributed by atoms with Gasteiger partial charge in [-0.15, -0.1) is 5.46 Å². The molecule has 1 aromatic carbocycles. The summed E-state index contributed by atoms with van der Waals surface area (Å²) in [5.74, 6) is -0.818. The molecule has 0 aliphatic heterocycles. The van der Waals surface area contributed by atoms with Crippen LogP contribution in [0.15, 0.2) is 12.1 Å². The summed E-state index contributed by atoms with van der Waals surface area (Å²) in [5, 5.41) is 0. The topological polar surface area (TPSA) is 0 Å². The van der Waals surface area contributed by atoms with Crippen molar-refractivity contribution < 1.29 is 68.7 Å². The number of aryl methyl sites for hydroxylation is 1. The predicted octanol–water partition coefficient (Wildman–Crippen LogP) is -0.245. The molecule has 0 bridgehead atoms. The molecular weight excluding hydrogens is 234 g/mol. The maximum Gasteiger partial charge on any atom is 1.00 e. The molecule has 0 amide bonds. The van der Waals surface area contributed by atoms with E-state index in [4.69, 9.17) is 0 Å². The van der Waals surface area contributed by atoms with E-state index in [1.54, 1.807) is 6.92 Å². The molecule has 0 atom stereocenters. The summed E-state index contributed by atoms with van der Waals surface area (Å²) in [7, 11) is 0. The first kappa shape index (κ1) is 15.6. The van der Waals surface area contributed by atoms with Gasteiger partial charge in [-0.3, -0.25) is 0 Å². The third kappa shape index (κ3) is 3.85. The van der Waals surface area contributed by atoms with Gasteiger partial charge in [0.05, 0.1) is 0 Å². The van der Waals surface area contributed by atoms with E-state index < -0.39 is 18.3 Å². The number of halogens is 4. The van der Waals surface area contributed by atoms with Crippen molar-refractivity contribution in [2.45, 2.75) is 20.3 Å². The average Bonchev–Trinajstić information content (AvgIpc) is 2.06. The van der Waals surface area contributed by atoms with Gasteiger partial charge in [0.1, 0.15) is 5.82 Å². The molecule has 78 valence electrons. The van der Waals surface area contributed by atoms with Gasteiger partial charge in [0.2, 0.25) is 0 Å². The van der Waals surface area contributed by atoms with E-state index in [0.29, 0.717) is 18.1 Å². The van der Waals surface area contributed by atoms with Gasteiger partial charge in [0.15, 0.2) is 0 Å². The fraction of sp³-hybridized carbons (Fsp3) is 0.333. The second-order valence-electron chi connectivity index (χ2n) is 3.21. The van der Waals surface area contributed by atoms with Crippen LogP contribution >= 0.6 is 0 Å². The Balaban J connectivity index is 0.00000196. The van der Waals surface area contributed by atoms with E-state index in [1.165, 1.54) is 6.92 Å². The quantitative estimate of drug-likeness (QED) is 0.497. The monoisotopic (exact) mass is 244 g/mol. The fourth-order valence-electron chi connectivity index (χ4n) is 1.47. The van der Waals surface area contributed by atoms with Crippen LogP contribution in [0.25, 0.3) is 0 Å². The van der Waals surface area contributed by atoms with Crippen LogP contribution in [0.4, 0.5) is 17.3 Å². The van der Waals surface area contributed by atoms with Gasteiger partial charge < -0.3 is 12.9 Å². The summed E-state index contributed by atoms with van der Waals surface area (Å²) in [6, 6.07) is 1.72. The number of hydrogen-bond acceptors (Lipinski definition) is 0. The van der Waals surface area contributed by atoms with Crippen molar-refractivity contribution in [3.05, 3.63) is 29.1 Å². The SMILES string of the molecule is CCc1cc(F)cc([B-](F)(F)F)c1C.[K+]. The van der Waals surface area contributed by atoms with Crippen LogP contribution in [0.3, 0.4) is 0 Å². The molecule has 15 heavy (non-hydrogen) atoms. The maximum atomic E-state index is 12.8. The van der Waals surface area contributed by atoms with Crippen LogP contribution < -0.4 is 56.8 Å². The molecule has 0 heterocycles. The number of rotatable bonds is 2. The van der Waals surface area contributed by atoms with E-state index in [1.807, 2.05) is 0 Å². The molecule has 0 radical (unpaired) electrons. The van der Waals surface area contributed by atoms with E-state index in [9.17, 15) is 17.3 Å². The molecule has 6 heteroatoms. The molecule has 0 spiro atoms. The molecule has 0 aromatic heterocycles. The predicted molar refractivity (Wildman–Crippen MR) is 49.2 cm³/mol. The molecule has 0 saturated carbocycles. The second-order valence-corrected chi connectivity index (χ2v) is 3.21. The molecule has 1 rings (SSSR count). The smallest absolute Gasteiger partial charge is 0.445 e. The van der Waals surface area contributed by atoms with Crippen molar-refractivity contribution in [2.75, 3.05) is 0 Å². The van der Waals surface area contributed by atoms with Crippen molar-refractivity contribution >= 4 is 12.4 Å². The zero-order valence-electron chi connectivity index (χ0n) is 8.95. The first-order valence-corrected chi connectivity index (χ1v) is 4.35. The van der Waals surface area contributed by atoms with Gasteiger partial charge in [-0.05, 0) is 25.0 Å². The molecule has 0 unspecified atom stereocenters. The molecule has 0 saturated heterocycles. The first-order valence-electron chi connectivity index (χ1n) is 4.35. The molecule has 0 aliphatic carbocycles. The van der Waals surface area contributed by atoms with Crippen LogP contribution in [-0.2, 0) is 6.42 Å². The van der Waals surface area contributed by atoms with Gasteiger partial charge in [0.25, 0.3) is 0 Å². The van der Waals surface area contributed by atoms with Crippen molar-refractivity contribution in [3.8, 4) is 0 Å². The Bertz CT molecular complexity index is 349. The van der Waals surface area contributed by atoms with Gasteiger partial charge in [-0.25, -0.2) is 4.39 Å². The summed E-state index contributed by atoms with van der Waals surface area (Å²) in [5.41, 5.74) is -0.262. The van der Waals surface area contributed by atoms with Gasteiger partial charge in [0, 0.05) is 0 Å². The molecule has 1 aromatic rings. The second kappa shape index (κ2) is 5.82. The Hall–Kier alpha value is 0.641. The van der Waals surface area contributed by atoms with Crippen molar-refractivity contribution in [3.63, 3.8) is 0 Å². The van der Waals surface area contributed by atoms with Crippen LogP contribution in [0.5, 0.6) is 0 Å². The largest absolute Gasteiger partial charge is 1.00 e. The minimum absolute atomic E-state index is 0. The first-order chi connectivity index (χ1) is 6.36. The van der Waals surface area contributed by atoms with Crippen molar-refractivity contribution in [1.29, 1.82) is 0 Å². The van der Waals surface area contributed by atoms with Crippen LogP contribution in [-0.4, -0.2) is 6.98 Å². The summed E-state index contributed by atoms with van der Waals surface area (Å²) >= 11 is 0. The average molecular weight is 244 g/mol. The number of hydrogen-bond donors (Lipinski definition) is 0. The van der Waals surface area contributed by atoms with Gasteiger partial charge in [-0.2, -0.15) is 0 Å². The molecular formula is C9H10BF4K. The Kier molecular flexibility index (Phi) is 6.07. The van der Waals surface area contributed by atoms with Crippen molar-refractivity contribution in [1.82, 2.24) is 0 Å². The van der Waals surface area contributed by atoms with Crippen LogP contribution in [0.1, 0.15) is 18.1 Å². The van der Waals surface area contributed by atoms with Gasteiger partial charge >= 0.3 is 58.4 Å². The standard InChI is InChI=1S/C9H10BF4.K/c1-3-7-4-8(11)5-9(6(7)2)10(12,13)14;/h4-5H,3H2,1-2H3;/q-1;+1. The third-order valence-corrected chi connectivity index (χ3v) is 2.25. The zero-order valence-corrected chi connectivity index (χ0v) is 12.1. The normalized spacial score (nSPS) is 11.1. The molecule has 0 fully saturated rings. The van der Waals surface area contributed by atoms with E-state index in [-0.39, 0.29) is 56.9 Å².